The Balaban J connectivity index is 1.83. The van der Waals surface area contributed by atoms with E-state index in [2.05, 4.69) is 29.6 Å². The van der Waals surface area contributed by atoms with Crippen LogP contribution in [0.25, 0.3) is 5.57 Å². The minimum atomic E-state index is 0.270. The number of nitrogens with one attached hydrogen (secondary N) is 1. The van der Waals surface area contributed by atoms with Crippen LogP contribution in [0.4, 0.5) is 0 Å². The summed E-state index contributed by atoms with van der Waals surface area (Å²) in [6.45, 7) is 1.25. The average molecular weight is 399 g/mol. The van der Waals surface area contributed by atoms with Gasteiger partial charge in [-0.15, -0.1) is 0 Å². The lowest BCUT2D eigenvalue weighted by Crippen LogP contribution is -2.16. The highest BCUT2D eigenvalue weighted by Gasteiger charge is 2.08. The molecule has 0 aliphatic carbocycles. The van der Waals surface area contributed by atoms with E-state index in [-0.39, 0.29) is 5.75 Å². The molecule has 3 aromatic carbocycles. The fraction of sp³-hybridized carbons (Fsp3) is 0.192. The maximum absolute atomic E-state index is 9.54. The number of phenols is 1. The molecule has 0 spiro atoms. The zero-order valence-electron chi connectivity index (χ0n) is 17.1. The van der Waals surface area contributed by atoms with Crippen molar-refractivity contribution in [3.63, 3.8) is 0 Å². The largest absolute Gasteiger partial charge is 0.508 e. The Bertz CT molecular complexity index is 1020. The molecule has 0 aromatic heterocycles. The normalized spacial score (nSPS) is 11.1. The Kier molecular flexibility index (Phi) is 7.65. The molecule has 0 bridgehead atoms. The molecule has 30 heavy (non-hydrogen) atoms. The van der Waals surface area contributed by atoms with Crippen molar-refractivity contribution in [2.75, 3.05) is 20.2 Å². The van der Waals surface area contributed by atoms with Crippen molar-refractivity contribution in [3.8, 4) is 17.6 Å². The van der Waals surface area contributed by atoms with Gasteiger partial charge in [0.25, 0.3) is 0 Å². The molecule has 0 aliphatic heterocycles. The van der Waals surface area contributed by atoms with E-state index in [9.17, 15) is 10.4 Å². The maximum Gasteiger partial charge on any atom is 0.137 e. The summed E-state index contributed by atoms with van der Waals surface area (Å²) in [5.41, 5.74) is 5.09. The van der Waals surface area contributed by atoms with Crippen LogP contribution in [0.2, 0.25) is 0 Å². The van der Waals surface area contributed by atoms with Gasteiger partial charge < -0.3 is 15.2 Å². The summed E-state index contributed by atoms with van der Waals surface area (Å²) in [5.74, 6) is 0.887. The highest BCUT2D eigenvalue weighted by Crippen LogP contribution is 2.25. The molecular formula is C26H26N2O2. The molecule has 0 atom stereocenters. The van der Waals surface area contributed by atoms with E-state index < -0.39 is 0 Å². The van der Waals surface area contributed by atoms with Crippen molar-refractivity contribution < 1.29 is 9.84 Å². The van der Waals surface area contributed by atoms with Crippen LogP contribution < -0.4 is 10.1 Å². The third-order valence-corrected chi connectivity index (χ3v) is 4.83. The van der Waals surface area contributed by atoms with Gasteiger partial charge >= 0.3 is 0 Å². The summed E-state index contributed by atoms with van der Waals surface area (Å²) in [6, 6.07) is 25.6. The second-order valence-corrected chi connectivity index (χ2v) is 7.04. The van der Waals surface area contributed by atoms with E-state index in [0.717, 1.165) is 29.7 Å². The van der Waals surface area contributed by atoms with Crippen LogP contribution in [-0.2, 0) is 12.8 Å². The van der Waals surface area contributed by atoms with Crippen LogP contribution in [0, 0.1) is 11.3 Å². The van der Waals surface area contributed by atoms with Crippen LogP contribution in [0.5, 0.6) is 11.5 Å². The minimum Gasteiger partial charge on any atom is -0.508 e. The molecule has 0 radical (unpaired) electrons. The summed E-state index contributed by atoms with van der Waals surface area (Å²) < 4.78 is 5.71. The van der Waals surface area contributed by atoms with Gasteiger partial charge in [0.05, 0.1) is 5.56 Å². The molecule has 0 amide bonds. The first-order valence-corrected chi connectivity index (χ1v) is 10.0. The zero-order chi connectivity index (χ0) is 21.2. The average Bonchev–Trinajstić information content (AvgIpc) is 2.79. The first-order valence-electron chi connectivity index (χ1n) is 10.0. The molecular weight excluding hydrogens is 372 g/mol. The van der Waals surface area contributed by atoms with E-state index in [1.54, 1.807) is 12.1 Å². The van der Waals surface area contributed by atoms with Crippen molar-refractivity contribution in [1.82, 2.24) is 5.32 Å². The summed E-state index contributed by atoms with van der Waals surface area (Å²) in [7, 11) is 1.87. The molecule has 152 valence electrons. The number of hydrogen-bond acceptors (Lipinski definition) is 4. The Morgan fingerprint density at radius 1 is 1.03 bits per heavy atom. The predicted molar refractivity (Wildman–Crippen MR) is 121 cm³/mol. The molecule has 4 nitrogen and oxygen atoms in total. The number of ether oxygens (including phenoxy) is 1. The van der Waals surface area contributed by atoms with Crippen molar-refractivity contribution >= 4 is 5.57 Å². The maximum atomic E-state index is 9.54. The van der Waals surface area contributed by atoms with Gasteiger partial charge in [0.15, 0.2) is 0 Å². The second-order valence-electron chi connectivity index (χ2n) is 7.04. The highest BCUT2D eigenvalue weighted by molar-refractivity contribution is 5.68. The third-order valence-electron chi connectivity index (χ3n) is 4.83. The van der Waals surface area contributed by atoms with Gasteiger partial charge in [-0.05, 0) is 66.4 Å². The standard InChI is InChI=1S/C26H26N2O2/c1-28-15-16-30-26-14-10-21(18-24(26)19-27)17-23(22-5-3-2-4-6-22)11-7-20-8-12-25(29)13-9-20/h2-6,8-14,18,28-29H,7,15-17H2,1H3. The van der Waals surface area contributed by atoms with Crippen LogP contribution >= 0.6 is 0 Å². The quantitative estimate of drug-likeness (QED) is 0.512. The predicted octanol–water partition coefficient (Wildman–Crippen LogP) is 4.73. The fourth-order valence-electron chi connectivity index (χ4n) is 3.20. The molecule has 0 fully saturated rings. The van der Waals surface area contributed by atoms with Gasteiger partial charge in [0.2, 0.25) is 0 Å². The van der Waals surface area contributed by atoms with Crippen molar-refractivity contribution in [3.05, 3.63) is 101 Å². The van der Waals surface area contributed by atoms with Gasteiger partial charge in [-0.1, -0.05) is 54.6 Å². The lowest BCUT2D eigenvalue weighted by Gasteiger charge is -2.12. The van der Waals surface area contributed by atoms with Gasteiger partial charge in [-0.25, -0.2) is 0 Å². The van der Waals surface area contributed by atoms with Gasteiger partial charge in [0, 0.05) is 6.54 Å². The van der Waals surface area contributed by atoms with E-state index in [1.165, 1.54) is 5.57 Å². The number of benzene rings is 3. The van der Waals surface area contributed by atoms with Crippen LogP contribution in [0.1, 0.15) is 22.3 Å². The molecule has 2 N–H and O–H groups in total. The lowest BCUT2D eigenvalue weighted by molar-refractivity contribution is 0.317. The summed E-state index contributed by atoms with van der Waals surface area (Å²) in [6.07, 6.45) is 3.69. The molecule has 0 heterocycles. The van der Waals surface area contributed by atoms with Crippen molar-refractivity contribution in [1.29, 1.82) is 5.26 Å². The molecule has 0 saturated heterocycles. The van der Waals surface area contributed by atoms with E-state index in [4.69, 9.17) is 4.74 Å². The SMILES string of the molecule is CNCCOc1ccc(CC(=CCc2ccc(O)cc2)c2ccccc2)cc1C#N. The number of rotatable bonds is 9. The number of hydrogen-bond donors (Lipinski definition) is 2. The number of nitrogens with zero attached hydrogens (tertiary/aromatic N) is 1. The van der Waals surface area contributed by atoms with Crippen LogP contribution in [0.15, 0.2) is 78.9 Å². The fourth-order valence-corrected chi connectivity index (χ4v) is 3.20. The number of nitriles is 1. The first-order chi connectivity index (χ1) is 14.7. The zero-order valence-corrected chi connectivity index (χ0v) is 17.1. The third kappa shape index (κ3) is 5.97. The smallest absolute Gasteiger partial charge is 0.137 e. The number of likely N-dealkylation sites (N-methyl/N-ethyl adjacent to an activating group) is 1. The monoisotopic (exact) mass is 398 g/mol. The molecule has 0 unspecified atom stereocenters. The molecule has 0 aliphatic rings. The van der Waals surface area contributed by atoms with Gasteiger partial charge in [-0.2, -0.15) is 5.26 Å². The van der Waals surface area contributed by atoms with Crippen molar-refractivity contribution in [2.24, 2.45) is 0 Å². The first kappa shape index (κ1) is 21.2. The number of phenolic OH excluding ortho intramolecular Hbond substituents is 1. The minimum absolute atomic E-state index is 0.270. The van der Waals surface area contributed by atoms with E-state index >= 15 is 0 Å². The van der Waals surface area contributed by atoms with Crippen LogP contribution in [-0.4, -0.2) is 25.3 Å². The van der Waals surface area contributed by atoms with E-state index in [0.29, 0.717) is 24.3 Å². The van der Waals surface area contributed by atoms with Gasteiger partial charge in [-0.3, -0.25) is 0 Å². The van der Waals surface area contributed by atoms with Crippen molar-refractivity contribution in [2.45, 2.75) is 12.8 Å². The molecule has 3 aromatic rings. The molecule has 3 rings (SSSR count). The van der Waals surface area contributed by atoms with Crippen LogP contribution in [0.3, 0.4) is 0 Å². The highest BCUT2D eigenvalue weighted by atomic mass is 16.5. The topological polar surface area (TPSA) is 65.3 Å². The summed E-state index contributed by atoms with van der Waals surface area (Å²) in [4.78, 5) is 0. The van der Waals surface area contributed by atoms with Gasteiger partial charge in [0.1, 0.15) is 24.2 Å². The Morgan fingerprint density at radius 2 is 1.77 bits per heavy atom. The van der Waals surface area contributed by atoms with E-state index in [1.807, 2.05) is 55.6 Å². The Labute approximate surface area is 178 Å². The molecule has 4 heteroatoms. The number of allylic oxidation sites excluding steroid dienone is 2. The second kappa shape index (κ2) is 10.8. The summed E-state index contributed by atoms with van der Waals surface area (Å²) in [5, 5.41) is 22.1. The summed E-state index contributed by atoms with van der Waals surface area (Å²) >= 11 is 0. The Hall–Kier alpha value is -3.55. The number of aromatic hydroxyl groups is 1. The lowest BCUT2D eigenvalue weighted by atomic mass is 9.95. The Morgan fingerprint density at radius 3 is 2.47 bits per heavy atom. The molecule has 0 saturated carbocycles.